The van der Waals surface area contributed by atoms with Crippen LogP contribution in [-0.4, -0.2) is 56.3 Å². The molecule has 1 saturated heterocycles. The molecule has 6 nitrogen and oxygen atoms in total. The molecule has 0 atom stereocenters. The van der Waals surface area contributed by atoms with Gasteiger partial charge < -0.3 is 19.7 Å². The van der Waals surface area contributed by atoms with Crippen LogP contribution in [0, 0.1) is 0 Å². The van der Waals surface area contributed by atoms with E-state index in [1.165, 1.54) is 17.3 Å². The van der Waals surface area contributed by atoms with Gasteiger partial charge in [0.2, 0.25) is 5.91 Å². The van der Waals surface area contributed by atoms with Crippen LogP contribution in [0.4, 0.5) is 0 Å². The average Bonchev–Trinajstić information content (AvgIpc) is 2.62. The molecule has 7 heteroatoms. The zero-order valence-corrected chi connectivity index (χ0v) is 15.5. The highest BCUT2D eigenvalue weighted by Crippen LogP contribution is 2.05. The zero-order chi connectivity index (χ0) is 17.9. The summed E-state index contributed by atoms with van der Waals surface area (Å²) in [6.07, 6.45) is 0. The minimum atomic E-state index is -0.279. The second-order valence-electron chi connectivity index (χ2n) is 5.93. The third-order valence-electron chi connectivity index (χ3n) is 3.93. The largest absolute Gasteiger partial charge is 0.465 e. The van der Waals surface area contributed by atoms with E-state index in [1.54, 1.807) is 11.8 Å². The van der Waals surface area contributed by atoms with Crippen molar-refractivity contribution in [3.8, 4) is 0 Å². The van der Waals surface area contributed by atoms with Crippen molar-refractivity contribution in [2.45, 2.75) is 20.0 Å². The van der Waals surface area contributed by atoms with E-state index in [-0.39, 0.29) is 23.4 Å². The van der Waals surface area contributed by atoms with E-state index < -0.39 is 0 Å². The molecule has 1 aliphatic heterocycles. The summed E-state index contributed by atoms with van der Waals surface area (Å²) in [5, 5.41) is 2.87. The molecule has 0 aromatic heterocycles. The number of carbonyl (C=O) groups is 2. The van der Waals surface area contributed by atoms with E-state index in [1.807, 2.05) is 0 Å². The number of benzene rings is 1. The Morgan fingerprint density at radius 3 is 2.52 bits per heavy atom. The second kappa shape index (κ2) is 11.1. The Balaban J connectivity index is 1.65. The van der Waals surface area contributed by atoms with Crippen LogP contribution in [0.5, 0.6) is 0 Å². The van der Waals surface area contributed by atoms with Crippen molar-refractivity contribution in [3.05, 3.63) is 35.4 Å². The molecule has 0 unspecified atom stereocenters. The van der Waals surface area contributed by atoms with Gasteiger partial charge in [-0.25, -0.2) is 0 Å². The molecular weight excluding hydrogens is 340 g/mol. The number of quaternary nitrogens is 1. The van der Waals surface area contributed by atoms with Crippen LogP contribution < -0.4 is 10.2 Å². The topological polar surface area (TPSA) is 69.1 Å². The van der Waals surface area contributed by atoms with Crippen molar-refractivity contribution in [2.75, 3.05) is 44.4 Å². The molecule has 0 bridgehead atoms. The van der Waals surface area contributed by atoms with E-state index >= 15 is 0 Å². The minimum absolute atomic E-state index is 0.0730. The number of thioether (sulfide) groups is 1. The van der Waals surface area contributed by atoms with Crippen molar-refractivity contribution < 1.29 is 24.0 Å². The molecule has 1 heterocycles. The summed E-state index contributed by atoms with van der Waals surface area (Å²) in [5.74, 6) is 0.117. The summed E-state index contributed by atoms with van der Waals surface area (Å²) >= 11 is 1.27. The molecule has 1 aliphatic rings. The van der Waals surface area contributed by atoms with Gasteiger partial charge in [-0.1, -0.05) is 24.3 Å². The molecule has 1 aromatic rings. The Bertz CT molecular complexity index is 545. The third-order valence-corrected chi connectivity index (χ3v) is 4.83. The lowest BCUT2D eigenvalue weighted by Gasteiger charge is -2.23. The zero-order valence-electron chi connectivity index (χ0n) is 14.7. The summed E-state index contributed by atoms with van der Waals surface area (Å²) < 4.78 is 10.2. The maximum absolute atomic E-state index is 11.8. The van der Waals surface area contributed by atoms with Crippen molar-refractivity contribution in [3.63, 3.8) is 0 Å². The number of nitrogens with one attached hydrogen (secondary N) is 2. The molecule has 2 N–H and O–H groups in total. The lowest BCUT2D eigenvalue weighted by atomic mass is 10.1. The van der Waals surface area contributed by atoms with Gasteiger partial charge in [0.15, 0.2) is 0 Å². The molecule has 1 aromatic carbocycles. The number of esters is 1. The fourth-order valence-electron chi connectivity index (χ4n) is 2.58. The SMILES string of the molecule is CCOC(=O)CSCC(=O)NCc1ccc(C[NH+]2CCOCC2)cc1. The van der Waals surface area contributed by atoms with Gasteiger partial charge in [0.1, 0.15) is 19.6 Å². The van der Waals surface area contributed by atoms with Crippen LogP contribution in [0.25, 0.3) is 0 Å². The van der Waals surface area contributed by atoms with Gasteiger partial charge in [0.25, 0.3) is 0 Å². The number of rotatable bonds is 9. The first-order chi connectivity index (χ1) is 12.2. The van der Waals surface area contributed by atoms with Gasteiger partial charge in [-0.15, -0.1) is 11.8 Å². The van der Waals surface area contributed by atoms with Crippen LogP contribution in [0.15, 0.2) is 24.3 Å². The molecule has 1 fully saturated rings. The van der Waals surface area contributed by atoms with E-state index in [0.29, 0.717) is 13.2 Å². The fraction of sp³-hybridized carbons (Fsp3) is 0.556. The van der Waals surface area contributed by atoms with Crippen LogP contribution in [0.2, 0.25) is 0 Å². The van der Waals surface area contributed by atoms with Crippen molar-refractivity contribution >= 4 is 23.6 Å². The Morgan fingerprint density at radius 2 is 1.84 bits per heavy atom. The fourth-order valence-corrected chi connectivity index (χ4v) is 3.22. The Hall–Kier alpha value is -1.57. The summed E-state index contributed by atoms with van der Waals surface area (Å²) in [5.41, 5.74) is 2.38. The highest BCUT2D eigenvalue weighted by molar-refractivity contribution is 8.00. The van der Waals surface area contributed by atoms with E-state index in [9.17, 15) is 9.59 Å². The summed E-state index contributed by atoms with van der Waals surface area (Å²) in [6.45, 7) is 7.45. The maximum Gasteiger partial charge on any atom is 0.315 e. The van der Waals surface area contributed by atoms with Gasteiger partial charge in [0, 0.05) is 12.1 Å². The molecule has 138 valence electrons. The smallest absolute Gasteiger partial charge is 0.315 e. The first kappa shape index (κ1) is 19.8. The van der Waals surface area contributed by atoms with Gasteiger partial charge >= 0.3 is 5.97 Å². The first-order valence-electron chi connectivity index (χ1n) is 8.66. The number of carbonyl (C=O) groups excluding carboxylic acids is 2. The predicted octanol–water partition coefficient (Wildman–Crippen LogP) is 0.0142. The number of hydrogen-bond donors (Lipinski definition) is 2. The first-order valence-corrected chi connectivity index (χ1v) is 9.82. The lowest BCUT2D eigenvalue weighted by Crippen LogP contribution is -3.12. The Labute approximate surface area is 153 Å². The maximum atomic E-state index is 11.8. The quantitative estimate of drug-likeness (QED) is 0.602. The van der Waals surface area contributed by atoms with Crippen molar-refractivity contribution in [1.82, 2.24) is 5.32 Å². The van der Waals surface area contributed by atoms with E-state index in [4.69, 9.17) is 9.47 Å². The molecule has 0 saturated carbocycles. The highest BCUT2D eigenvalue weighted by Gasteiger charge is 2.14. The molecule has 0 spiro atoms. The van der Waals surface area contributed by atoms with Gasteiger partial charge in [-0.2, -0.15) is 0 Å². The average molecular weight is 367 g/mol. The monoisotopic (exact) mass is 367 g/mol. The molecule has 0 radical (unpaired) electrons. The second-order valence-corrected chi connectivity index (χ2v) is 6.92. The number of amides is 1. The lowest BCUT2D eigenvalue weighted by molar-refractivity contribution is -0.921. The van der Waals surface area contributed by atoms with Crippen molar-refractivity contribution in [2.24, 2.45) is 0 Å². The third kappa shape index (κ3) is 7.90. The van der Waals surface area contributed by atoms with E-state index in [2.05, 4.69) is 29.6 Å². The van der Waals surface area contributed by atoms with Crippen LogP contribution in [0.3, 0.4) is 0 Å². The number of hydrogen-bond acceptors (Lipinski definition) is 5. The van der Waals surface area contributed by atoms with Gasteiger partial charge in [-0.3, -0.25) is 9.59 Å². The highest BCUT2D eigenvalue weighted by atomic mass is 32.2. The standard InChI is InChI=1S/C18H26N2O4S/c1-2-24-18(22)14-25-13-17(21)19-11-15-3-5-16(6-4-15)12-20-7-9-23-10-8-20/h3-6H,2,7-14H2,1H3,(H,19,21)/p+1. The normalized spacial score (nSPS) is 14.9. The molecule has 1 amide bonds. The van der Waals surface area contributed by atoms with Crippen LogP contribution in [0.1, 0.15) is 18.1 Å². The molecule has 0 aliphatic carbocycles. The summed E-state index contributed by atoms with van der Waals surface area (Å²) in [7, 11) is 0. The van der Waals surface area contributed by atoms with Gasteiger partial charge in [-0.05, 0) is 12.5 Å². The Morgan fingerprint density at radius 1 is 1.16 bits per heavy atom. The molecular formula is C18H27N2O4S+. The summed E-state index contributed by atoms with van der Waals surface area (Å²) in [4.78, 5) is 24.5. The van der Waals surface area contributed by atoms with E-state index in [0.717, 1.165) is 38.4 Å². The number of morpholine rings is 1. The molecule has 25 heavy (non-hydrogen) atoms. The predicted molar refractivity (Wildman–Crippen MR) is 97.5 cm³/mol. The van der Waals surface area contributed by atoms with Crippen molar-refractivity contribution in [1.29, 1.82) is 0 Å². The van der Waals surface area contributed by atoms with Crippen LogP contribution >= 0.6 is 11.8 Å². The molecule has 2 rings (SSSR count). The summed E-state index contributed by atoms with van der Waals surface area (Å²) in [6, 6.07) is 8.36. The van der Waals surface area contributed by atoms with Crippen LogP contribution in [-0.2, 0) is 32.2 Å². The number of ether oxygens (including phenoxy) is 2. The Kier molecular flexibility index (Phi) is 8.79. The minimum Gasteiger partial charge on any atom is -0.465 e. The van der Waals surface area contributed by atoms with Gasteiger partial charge in [0.05, 0.1) is 31.3 Å².